The van der Waals surface area contributed by atoms with Crippen LogP contribution in [0.15, 0.2) is 40.6 Å². The molecule has 0 radical (unpaired) electrons. The minimum atomic E-state index is -3.47. The first-order chi connectivity index (χ1) is 13.4. The van der Waals surface area contributed by atoms with Gasteiger partial charge in [-0.1, -0.05) is 19.1 Å². The summed E-state index contributed by atoms with van der Waals surface area (Å²) in [5.74, 6) is -0.815. The quantitative estimate of drug-likeness (QED) is 0.698. The molecule has 0 saturated carbocycles. The molecule has 1 aliphatic rings. The number of benzene rings is 1. The summed E-state index contributed by atoms with van der Waals surface area (Å²) in [5.41, 5.74) is 6.32. The fourth-order valence-electron chi connectivity index (χ4n) is 2.94. The molecule has 2 amide bonds. The van der Waals surface area contributed by atoms with E-state index in [-0.39, 0.29) is 10.6 Å². The van der Waals surface area contributed by atoms with Crippen LogP contribution < -0.4 is 10.9 Å². The molecule has 9 heteroatoms. The first-order valence-electron chi connectivity index (χ1n) is 9.17. The van der Waals surface area contributed by atoms with Crippen molar-refractivity contribution in [2.75, 3.05) is 13.1 Å². The minimum absolute atomic E-state index is 0.00472. The Hall–Kier alpha value is -2.23. The Labute approximate surface area is 168 Å². The molecule has 0 aliphatic carbocycles. The van der Waals surface area contributed by atoms with E-state index in [1.165, 1.54) is 10.4 Å². The zero-order valence-electron chi connectivity index (χ0n) is 15.6. The molecule has 2 heterocycles. The van der Waals surface area contributed by atoms with Gasteiger partial charge in [-0.15, -0.1) is 11.3 Å². The van der Waals surface area contributed by atoms with Crippen molar-refractivity contribution < 1.29 is 18.0 Å². The lowest BCUT2D eigenvalue weighted by atomic mass is 10.1. The summed E-state index contributed by atoms with van der Waals surface area (Å²) >= 11 is 1.09. The summed E-state index contributed by atoms with van der Waals surface area (Å²) < 4.78 is 26.8. The van der Waals surface area contributed by atoms with Crippen LogP contribution in [0.2, 0.25) is 0 Å². The van der Waals surface area contributed by atoms with E-state index in [1.807, 2.05) is 19.1 Å². The lowest BCUT2D eigenvalue weighted by molar-refractivity contribution is -0.121. The van der Waals surface area contributed by atoms with E-state index in [1.54, 1.807) is 18.2 Å². The van der Waals surface area contributed by atoms with Crippen LogP contribution in [-0.2, 0) is 27.7 Å². The van der Waals surface area contributed by atoms with Gasteiger partial charge in [-0.05, 0) is 49.1 Å². The lowest BCUT2D eigenvalue weighted by Gasteiger charge is -2.13. The largest absolute Gasteiger partial charge is 0.273 e. The number of hydrogen-bond donors (Lipinski definition) is 2. The summed E-state index contributed by atoms with van der Waals surface area (Å²) in [6.45, 7) is 3.12. The molecule has 3 rings (SSSR count). The third kappa shape index (κ3) is 4.78. The van der Waals surface area contributed by atoms with Crippen LogP contribution in [0.5, 0.6) is 0 Å². The number of hydrazine groups is 1. The number of aryl methyl sites for hydroxylation is 1. The molecule has 1 fully saturated rings. The van der Waals surface area contributed by atoms with Crippen molar-refractivity contribution in [1.82, 2.24) is 15.2 Å². The number of nitrogens with zero attached hydrogens (tertiary/aromatic N) is 1. The van der Waals surface area contributed by atoms with Crippen LogP contribution in [-0.4, -0.2) is 37.6 Å². The van der Waals surface area contributed by atoms with Gasteiger partial charge in [-0.2, -0.15) is 4.31 Å². The molecule has 1 aliphatic heterocycles. The van der Waals surface area contributed by atoms with Crippen LogP contribution in [0.3, 0.4) is 0 Å². The van der Waals surface area contributed by atoms with Gasteiger partial charge < -0.3 is 0 Å². The SMILES string of the molecule is CCc1ccc(C(=O)NNC(=O)Cc2ccc(S(=O)(=O)N3CCCC3)s2)cc1. The molecular formula is C19H23N3O4S2. The molecule has 0 spiro atoms. The summed E-state index contributed by atoms with van der Waals surface area (Å²) in [5, 5.41) is 0. The van der Waals surface area contributed by atoms with E-state index < -0.39 is 21.8 Å². The lowest BCUT2D eigenvalue weighted by Crippen LogP contribution is -2.42. The molecule has 28 heavy (non-hydrogen) atoms. The maximum Gasteiger partial charge on any atom is 0.269 e. The maximum absolute atomic E-state index is 12.5. The molecule has 1 aromatic carbocycles. The van der Waals surface area contributed by atoms with Crippen LogP contribution in [0.1, 0.15) is 40.6 Å². The van der Waals surface area contributed by atoms with Gasteiger partial charge in [0.05, 0.1) is 6.42 Å². The first-order valence-corrected chi connectivity index (χ1v) is 11.4. The van der Waals surface area contributed by atoms with Crippen LogP contribution in [0, 0.1) is 0 Å². The molecule has 0 unspecified atom stereocenters. The Morgan fingerprint density at radius 1 is 1.04 bits per heavy atom. The summed E-state index contributed by atoms with van der Waals surface area (Å²) in [6.07, 6.45) is 2.63. The molecular weight excluding hydrogens is 398 g/mol. The molecule has 1 aromatic heterocycles. The van der Waals surface area contributed by atoms with Crippen molar-refractivity contribution in [2.45, 2.75) is 36.8 Å². The normalized spacial score (nSPS) is 14.8. The molecule has 2 N–H and O–H groups in total. The zero-order valence-corrected chi connectivity index (χ0v) is 17.2. The van der Waals surface area contributed by atoms with Gasteiger partial charge in [0, 0.05) is 23.5 Å². The third-order valence-corrected chi connectivity index (χ3v) is 8.02. The number of hydrogen-bond acceptors (Lipinski definition) is 5. The highest BCUT2D eigenvalue weighted by atomic mass is 32.2. The fourth-order valence-corrected chi connectivity index (χ4v) is 5.97. The van der Waals surface area contributed by atoms with Crippen molar-refractivity contribution in [1.29, 1.82) is 0 Å². The number of nitrogens with one attached hydrogen (secondary N) is 2. The molecule has 0 bridgehead atoms. The monoisotopic (exact) mass is 421 g/mol. The molecule has 2 aromatic rings. The van der Waals surface area contributed by atoms with Gasteiger partial charge in [0.25, 0.3) is 15.9 Å². The van der Waals surface area contributed by atoms with Crippen molar-refractivity contribution in [3.63, 3.8) is 0 Å². The number of thiophene rings is 1. The average molecular weight is 422 g/mol. The van der Waals surface area contributed by atoms with Crippen molar-refractivity contribution in [3.8, 4) is 0 Å². The molecule has 7 nitrogen and oxygen atoms in total. The summed E-state index contributed by atoms with van der Waals surface area (Å²) in [4.78, 5) is 24.8. The number of sulfonamides is 1. The Morgan fingerprint density at radius 2 is 1.71 bits per heavy atom. The van der Waals surface area contributed by atoms with E-state index in [2.05, 4.69) is 10.9 Å². The van der Waals surface area contributed by atoms with Crippen molar-refractivity contribution in [2.24, 2.45) is 0 Å². The minimum Gasteiger partial charge on any atom is -0.273 e. The van der Waals surface area contributed by atoms with Crippen molar-refractivity contribution in [3.05, 3.63) is 52.4 Å². The topological polar surface area (TPSA) is 95.6 Å². The van der Waals surface area contributed by atoms with Gasteiger partial charge in [0.15, 0.2) is 0 Å². The third-order valence-electron chi connectivity index (χ3n) is 4.57. The molecule has 1 saturated heterocycles. The fraction of sp³-hybridized carbons (Fsp3) is 0.368. The summed E-state index contributed by atoms with van der Waals surface area (Å²) in [7, 11) is -3.47. The Bertz CT molecular complexity index is 946. The van der Waals surface area contributed by atoms with E-state index >= 15 is 0 Å². The van der Waals surface area contributed by atoms with E-state index in [4.69, 9.17) is 0 Å². The van der Waals surface area contributed by atoms with E-state index in [0.29, 0.717) is 23.5 Å². The highest BCUT2D eigenvalue weighted by molar-refractivity contribution is 7.91. The van der Waals surface area contributed by atoms with Crippen LogP contribution in [0.4, 0.5) is 0 Å². The average Bonchev–Trinajstić information content (AvgIpc) is 3.39. The van der Waals surface area contributed by atoms with Crippen molar-refractivity contribution >= 4 is 33.2 Å². The smallest absolute Gasteiger partial charge is 0.269 e. The van der Waals surface area contributed by atoms with Crippen LogP contribution >= 0.6 is 11.3 Å². The van der Waals surface area contributed by atoms with Gasteiger partial charge in [0.1, 0.15) is 4.21 Å². The van der Waals surface area contributed by atoms with Gasteiger partial charge >= 0.3 is 0 Å². The zero-order chi connectivity index (χ0) is 20.1. The van der Waals surface area contributed by atoms with E-state index in [9.17, 15) is 18.0 Å². The number of carbonyl (C=O) groups is 2. The highest BCUT2D eigenvalue weighted by Crippen LogP contribution is 2.27. The number of rotatable bonds is 6. The van der Waals surface area contributed by atoms with Gasteiger partial charge in [0.2, 0.25) is 5.91 Å². The standard InChI is InChI=1S/C19H23N3O4S2/c1-2-14-5-7-15(8-6-14)19(24)21-20-17(23)13-16-9-10-18(27-16)28(25,26)22-11-3-4-12-22/h5-10H,2-4,11-13H2,1H3,(H,20,23)(H,21,24). The predicted octanol–water partition coefficient (Wildman–Crippen LogP) is 2.10. The van der Waals surface area contributed by atoms with Gasteiger partial charge in [-0.25, -0.2) is 8.42 Å². The van der Waals surface area contributed by atoms with Crippen LogP contribution in [0.25, 0.3) is 0 Å². The maximum atomic E-state index is 12.5. The summed E-state index contributed by atoms with van der Waals surface area (Å²) in [6, 6.07) is 10.3. The number of carbonyl (C=O) groups excluding carboxylic acids is 2. The second kappa shape index (κ2) is 8.85. The second-order valence-corrected chi connectivity index (χ2v) is 9.89. The van der Waals surface area contributed by atoms with E-state index in [0.717, 1.165) is 36.2 Å². The Morgan fingerprint density at radius 3 is 2.36 bits per heavy atom. The Balaban J connectivity index is 1.53. The number of amides is 2. The second-order valence-electron chi connectivity index (χ2n) is 6.56. The predicted molar refractivity (Wildman–Crippen MR) is 107 cm³/mol. The highest BCUT2D eigenvalue weighted by Gasteiger charge is 2.28. The Kier molecular flexibility index (Phi) is 6.48. The first kappa shape index (κ1) is 20.5. The van der Waals surface area contributed by atoms with Gasteiger partial charge in [-0.3, -0.25) is 20.4 Å². The molecule has 0 atom stereocenters. The molecule has 150 valence electrons.